The summed E-state index contributed by atoms with van der Waals surface area (Å²) >= 11 is 1.37. The monoisotopic (exact) mass is 466 g/mol. The molecule has 10 heteroatoms. The molecule has 174 valence electrons. The molecule has 0 radical (unpaired) electrons. The maximum absolute atomic E-state index is 12.7. The molecule has 0 aliphatic carbocycles. The molecule has 7 nitrogen and oxygen atoms in total. The number of urea groups is 1. The van der Waals surface area contributed by atoms with E-state index in [1.807, 2.05) is 25.7 Å². The van der Waals surface area contributed by atoms with Crippen molar-refractivity contribution in [1.29, 1.82) is 0 Å². The number of nitrogens with one attached hydrogen (secondary N) is 1. The maximum Gasteiger partial charge on any atom is 0.387 e. The van der Waals surface area contributed by atoms with Gasteiger partial charge in [0.05, 0.1) is 5.69 Å². The van der Waals surface area contributed by atoms with Crippen molar-refractivity contribution in [3.05, 3.63) is 29.1 Å². The minimum absolute atomic E-state index is 0.0269. The minimum atomic E-state index is -2.87. The van der Waals surface area contributed by atoms with Crippen molar-refractivity contribution in [2.75, 3.05) is 31.5 Å². The Bertz CT molecular complexity index is 924. The van der Waals surface area contributed by atoms with Crippen LogP contribution >= 0.6 is 11.3 Å². The molecule has 1 aliphatic rings. The van der Waals surface area contributed by atoms with Crippen LogP contribution in [0.2, 0.25) is 0 Å². The summed E-state index contributed by atoms with van der Waals surface area (Å²) in [4.78, 5) is 34.2. The average Bonchev–Trinajstić information content (AvgIpc) is 3.14. The van der Waals surface area contributed by atoms with Crippen LogP contribution in [0.15, 0.2) is 24.3 Å². The van der Waals surface area contributed by atoms with Gasteiger partial charge in [0.25, 0.3) is 0 Å². The van der Waals surface area contributed by atoms with Gasteiger partial charge in [0.1, 0.15) is 5.75 Å². The lowest BCUT2D eigenvalue weighted by molar-refractivity contribution is -0.121. The van der Waals surface area contributed by atoms with Crippen molar-refractivity contribution in [2.24, 2.45) is 5.92 Å². The highest BCUT2D eigenvalue weighted by Crippen LogP contribution is 2.32. The topological polar surface area (TPSA) is 74.8 Å². The Morgan fingerprint density at radius 2 is 1.84 bits per heavy atom. The number of piperidine rings is 1. The molecule has 1 aromatic carbocycles. The minimum Gasteiger partial charge on any atom is -0.435 e. The number of aromatic nitrogens is 1. The second-order valence-corrected chi connectivity index (χ2v) is 8.74. The van der Waals surface area contributed by atoms with Gasteiger partial charge in [-0.3, -0.25) is 4.79 Å². The normalized spacial score (nSPS) is 14.5. The summed E-state index contributed by atoms with van der Waals surface area (Å²) in [7, 11) is 0. The fraction of sp³-hybridized carbons (Fsp3) is 0.500. The van der Waals surface area contributed by atoms with E-state index in [0.29, 0.717) is 49.8 Å². The molecule has 32 heavy (non-hydrogen) atoms. The van der Waals surface area contributed by atoms with Crippen molar-refractivity contribution in [3.63, 3.8) is 0 Å². The summed E-state index contributed by atoms with van der Waals surface area (Å²) in [6.45, 7) is 5.39. The largest absolute Gasteiger partial charge is 0.435 e. The first kappa shape index (κ1) is 23.9. The number of likely N-dealkylation sites (tertiary alicyclic amines) is 1. The van der Waals surface area contributed by atoms with E-state index in [0.717, 1.165) is 10.4 Å². The number of thiazole rings is 1. The van der Waals surface area contributed by atoms with Gasteiger partial charge < -0.3 is 19.9 Å². The van der Waals surface area contributed by atoms with Crippen molar-refractivity contribution < 1.29 is 23.1 Å². The van der Waals surface area contributed by atoms with Crippen LogP contribution in [0, 0.1) is 12.8 Å². The zero-order chi connectivity index (χ0) is 23.3. The van der Waals surface area contributed by atoms with E-state index in [4.69, 9.17) is 0 Å². The number of carbonyl (C=O) groups is 2. The SMILES string of the molecule is CCN(CC)C(=O)N1CCC(C(=O)Nc2nc(-c3ccc(OC(F)F)cc3)c(C)s2)CC1. The fourth-order valence-corrected chi connectivity index (χ4v) is 4.59. The molecule has 0 saturated carbocycles. The number of hydrogen-bond donors (Lipinski definition) is 1. The highest BCUT2D eigenvalue weighted by molar-refractivity contribution is 7.16. The van der Waals surface area contributed by atoms with Gasteiger partial charge >= 0.3 is 12.6 Å². The van der Waals surface area contributed by atoms with Crippen molar-refractivity contribution in [2.45, 2.75) is 40.2 Å². The van der Waals surface area contributed by atoms with Crippen molar-refractivity contribution in [3.8, 4) is 17.0 Å². The number of anilines is 1. The Labute approximate surface area is 190 Å². The summed E-state index contributed by atoms with van der Waals surface area (Å²) in [5.74, 6) is -0.189. The molecular formula is C22H28F2N4O3S. The Morgan fingerprint density at radius 1 is 1.22 bits per heavy atom. The Morgan fingerprint density at radius 3 is 2.41 bits per heavy atom. The standard InChI is InChI=1S/C22H28F2N4O3S/c1-4-27(5-2)22(30)28-12-10-16(11-13-28)19(29)26-21-25-18(14(3)32-21)15-6-8-17(9-7-15)31-20(23)24/h6-9,16,20H,4-5,10-13H2,1-3H3,(H,25,26,29). The zero-order valence-corrected chi connectivity index (χ0v) is 19.3. The van der Waals surface area contributed by atoms with Crippen LogP contribution in [0.1, 0.15) is 31.6 Å². The number of halogens is 2. The first-order valence-corrected chi connectivity index (χ1v) is 11.5. The van der Waals surface area contributed by atoms with Gasteiger partial charge in [-0.15, -0.1) is 11.3 Å². The quantitative estimate of drug-likeness (QED) is 0.634. The number of alkyl halides is 2. The number of aryl methyl sites for hydroxylation is 1. The maximum atomic E-state index is 12.7. The number of benzene rings is 1. The van der Waals surface area contributed by atoms with Crippen LogP contribution in [0.3, 0.4) is 0 Å². The Kier molecular flexibility index (Phi) is 8.00. The Hall–Kier alpha value is -2.75. The molecule has 0 spiro atoms. The van der Waals surface area contributed by atoms with Crippen LogP contribution in [0.5, 0.6) is 5.75 Å². The highest BCUT2D eigenvalue weighted by Gasteiger charge is 2.29. The first-order chi connectivity index (χ1) is 15.3. The van der Waals surface area contributed by atoms with E-state index in [2.05, 4.69) is 15.0 Å². The third-order valence-corrected chi connectivity index (χ3v) is 6.44. The summed E-state index contributed by atoms with van der Waals surface area (Å²) in [6, 6.07) is 6.28. The van der Waals surface area contributed by atoms with Gasteiger partial charge in [-0.1, -0.05) is 0 Å². The van der Waals surface area contributed by atoms with Crippen LogP contribution in [0.25, 0.3) is 11.3 Å². The van der Waals surface area contributed by atoms with Crippen LogP contribution < -0.4 is 10.1 Å². The molecule has 1 N–H and O–H groups in total. The molecule has 2 aromatic rings. The number of nitrogens with zero attached hydrogens (tertiary/aromatic N) is 3. The van der Waals surface area contributed by atoms with Crippen LogP contribution in [-0.2, 0) is 4.79 Å². The third-order valence-electron chi connectivity index (χ3n) is 5.55. The van der Waals surface area contributed by atoms with Gasteiger partial charge in [-0.05, 0) is 57.9 Å². The van der Waals surface area contributed by atoms with E-state index < -0.39 is 6.61 Å². The van der Waals surface area contributed by atoms with E-state index in [1.165, 1.54) is 23.5 Å². The number of amides is 3. The molecule has 1 aromatic heterocycles. The molecule has 0 atom stereocenters. The summed E-state index contributed by atoms with van der Waals surface area (Å²) in [6.07, 6.45) is 1.23. The van der Waals surface area contributed by atoms with E-state index in [9.17, 15) is 18.4 Å². The van der Waals surface area contributed by atoms with E-state index in [1.54, 1.807) is 17.0 Å². The van der Waals surface area contributed by atoms with Crippen molar-refractivity contribution >= 4 is 28.4 Å². The number of carbonyl (C=O) groups excluding carboxylic acids is 2. The summed E-state index contributed by atoms with van der Waals surface area (Å²) in [5.41, 5.74) is 1.44. The average molecular weight is 467 g/mol. The molecule has 0 bridgehead atoms. The lowest BCUT2D eigenvalue weighted by Crippen LogP contribution is -2.47. The molecule has 1 aliphatic heterocycles. The van der Waals surface area contributed by atoms with E-state index >= 15 is 0 Å². The number of rotatable bonds is 7. The lowest BCUT2D eigenvalue weighted by atomic mass is 9.96. The highest BCUT2D eigenvalue weighted by atomic mass is 32.1. The number of ether oxygens (including phenoxy) is 1. The van der Waals surface area contributed by atoms with Crippen molar-refractivity contribution in [1.82, 2.24) is 14.8 Å². The first-order valence-electron chi connectivity index (χ1n) is 10.7. The van der Waals surface area contributed by atoms with E-state index in [-0.39, 0.29) is 23.6 Å². The molecule has 2 heterocycles. The molecular weight excluding hydrogens is 438 g/mol. The molecule has 1 fully saturated rings. The molecule has 1 saturated heterocycles. The molecule has 0 unspecified atom stereocenters. The number of hydrogen-bond acceptors (Lipinski definition) is 5. The molecule has 3 rings (SSSR count). The molecule has 3 amide bonds. The zero-order valence-electron chi connectivity index (χ0n) is 18.4. The van der Waals surface area contributed by atoms with Gasteiger partial charge in [0.15, 0.2) is 5.13 Å². The van der Waals surface area contributed by atoms with Gasteiger partial charge in [-0.2, -0.15) is 8.78 Å². The smallest absolute Gasteiger partial charge is 0.387 e. The fourth-order valence-electron chi connectivity index (χ4n) is 3.75. The van der Waals surface area contributed by atoms with Gasteiger partial charge in [-0.25, -0.2) is 9.78 Å². The second kappa shape index (κ2) is 10.7. The van der Waals surface area contributed by atoms with Crippen LogP contribution in [-0.4, -0.2) is 59.5 Å². The van der Waals surface area contributed by atoms with Gasteiger partial charge in [0.2, 0.25) is 5.91 Å². The summed E-state index contributed by atoms with van der Waals surface area (Å²) in [5, 5.41) is 3.40. The third kappa shape index (κ3) is 5.73. The summed E-state index contributed by atoms with van der Waals surface area (Å²) < 4.78 is 29.0. The second-order valence-electron chi connectivity index (χ2n) is 7.53. The predicted octanol–water partition coefficient (Wildman–Crippen LogP) is 4.83. The predicted molar refractivity (Wildman–Crippen MR) is 120 cm³/mol. The van der Waals surface area contributed by atoms with Gasteiger partial charge in [0, 0.05) is 42.5 Å². The lowest BCUT2D eigenvalue weighted by Gasteiger charge is -2.34. The Balaban J connectivity index is 1.58. The van der Waals surface area contributed by atoms with Crippen LogP contribution in [0.4, 0.5) is 18.7 Å².